The van der Waals surface area contributed by atoms with Gasteiger partial charge in [-0.05, 0) is 5.06 Å². The van der Waals surface area contributed by atoms with E-state index in [-0.39, 0.29) is 0 Å². The molecule has 0 aromatic heterocycles. The molecule has 0 saturated heterocycles. The fraction of sp³-hybridized carbons (Fsp3) is 1.00. The predicted molar refractivity (Wildman–Crippen MR) is 39.5 cm³/mol. The molecule has 0 unspecified atom stereocenters. The summed E-state index contributed by atoms with van der Waals surface area (Å²) in [6.45, 7) is 6.40. The van der Waals surface area contributed by atoms with Gasteiger partial charge in [-0.3, -0.25) is 0 Å². The quantitative estimate of drug-likeness (QED) is 0.408. The van der Waals surface area contributed by atoms with E-state index in [0.29, 0.717) is 0 Å². The van der Waals surface area contributed by atoms with E-state index in [2.05, 4.69) is 13.8 Å². The van der Waals surface area contributed by atoms with Crippen molar-refractivity contribution in [2.45, 2.75) is 26.7 Å². The second-order valence-electron chi connectivity index (χ2n) is 2.11. The fourth-order valence-electron chi connectivity index (χ4n) is 0.793. The highest BCUT2D eigenvalue weighted by Crippen LogP contribution is 1.88. The maximum absolute atomic E-state index is 5.06. The zero-order valence-corrected chi connectivity index (χ0v) is 6.68. The molecule has 0 heterocycles. The highest BCUT2D eigenvalue weighted by atomic mass is 16.7. The van der Waals surface area contributed by atoms with E-state index in [0.717, 1.165) is 25.9 Å². The van der Waals surface area contributed by atoms with E-state index in [4.69, 9.17) is 4.84 Å². The lowest BCUT2D eigenvalue weighted by Gasteiger charge is -2.03. The first-order valence-electron chi connectivity index (χ1n) is 3.64. The van der Waals surface area contributed by atoms with Crippen LogP contribution in [0.4, 0.5) is 0 Å². The van der Waals surface area contributed by atoms with Crippen LogP contribution in [0.5, 0.6) is 0 Å². The van der Waals surface area contributed by atoms with Crippen molar-refractivity contribution in [3.05, 3.63) is 0 Å². The van der Waals surface area contributed by atoms with Crippen LogP contribution in [0.15, 0.2) is 0 Å². The van der Waals surface area contributed by atoms with Gasteiger partial charge in [0.25, 0.3) is 0 Å². The first-order valence-corrected chi connectivity index (χ1v) is 3.64. The molecule has 0 aliphatic rings. The lowest BCUT2D eigenvalue weighted by Crippen LogP contribution is -2.30. The van der Waals surface area contributed by atoms with Crippen molar-refractivity contribution in [3.8, 4) is 0 Å². The lowest BCUT2D eigenvalue weighted by molar-refractivity contribution is -0.0359. The van der Waals surface area contributed by atoms with Gasteiger partial charge >= 0.3 is 0 Å². The van der Waals surface area contributed by atoms with Gasteiger partial charge in [-0.2, -0.15) is 4.84 Å². The first-order chi connectivity index (χ1) is 4.35. The summed E-state index contributed by atoms with van der Waals surface area (Å²) >= 11 is 0. The van der Waals surface area contributed by atoms with Crippen molar-refractivity contribution in [1.29, 1.82) is 0 Å². The molecule has 0 bridgehead atoms. The molecule has 55 valence electrons. The Labute approximate surface area is 57.8 Å². The van der Waals surface area contributed by atoms with Crippen molar-refractivity contribution in [1.82, 2.24) is 5.06 Å². The maximum Gasteiger partial charge on any atom is 0.159 e. The van der Waals surface area contributed by atoms with Gasteiger partial charge in [0.2, 0.25) is 0 Å². The number of nitrogens with zero attached hydrogens (tertiary/aromatic N) is 1. The second-order valence-corrected chi connectivity index (χ2v) is 2.11. The van der Waals surface area contributed by atoms with Gasteiger partial charge < -0.3 is 0 Å². The monoisotopic (exact) mass is 131 g/mol. The largest absolute Gasteiger partial charge is 0.159 e. The van der Waals surface area contributed by atoms with Gasteiger partial charge in [0.1, 0.15) is 7.11 Å². The third-order valence-corrected chi connectivity index (χ3v) is 1.20. The Balaban J connectivity index is 3.18. The van der Waals surface area contributed by atoms with Gasteiger partial charge in [-0.25, -0.2) is 0 Å². The van der Waals surface area contributed by atoms with E-state index < -0.39 is 0 Å². The highest BCUT2D eigenvalue weighted by Gasteiger charge is 2.09. The minimum absolute atomic E-state index is 1.05. The van der Waals surface area contributed by atoms with E-state index in [1.54, 1.807) is 7.11 Å². The molecule has 0 N–H and O–H groups in total. The molecule has 0 fully saturated rings. The lowest BCUT2D eigenvalue weighted by atomic mass is 10.4. The van der Waals surface area contributed by atoms with Crippen LogP contribution in [-0.4, -0.2) is 20.2 Å². The second kappa shape index (κ2) is 6.05. The van der Waals surface area contributed by atoms with Crippen molar-refractivity contribution in [2.24, 2.45) is 0 Å². The van der Waals surface area contributed by atoms with Crippen molar-refractivity contribution < 1.29 is 4.84 Å². The fourth-order valence-corrected chi connectivity index (χ4v) is 0.793. The Morgan fingerprint density at radius 1 is 1.11 bits per heavy atom. The molecule has 0 spiro atoms. The number of hydroxylamine groups is 2. The Hall–Kier alpha value is -0.0800. The molecular weight excluding hydrogens is 114 g/mol. The standard InChI is InChI=1S/C7H17NO/c1-4-6-8(9-3)7-5-2/h4-7H2,1-3H3/q+1. The number of hydrogen-bond acceptors (Lipinski definition) is 2. The van der Waals surface area contributed by atoms with Crippen LogP contribution in [0.25, 0.3) is 0 Å². The van der Waals surface area contributed by atoms with Crippen LogP contribution < -0.4 is 5.06 Å². The molecule has 9 heavy (non-hydrogen) atoms. The van der Waals surface area contributed by atoms with Crippen LogP contribution in [-0.2, 0) is 4.84 Å². The van der Waals surface area contributed by atoms with Gasteiger partial charge in [0, 0.05) is 12.8 Å². The summed E-state index contributed by atoms with van der Waals surface area (Å²) in [5, 5.41) is 1.99. The molecule has 0 aliphatic carbocycles. The third-order valence-electron chi connectivity index (χ3n) is 1.20. The zero-order chi connectivity index (χ0) is 7.11. The van der Waals surface area contributed by atoms with Crippen LogP contribution in [0.3, 0.4) is 0 Å². The van der Waals surface area contributed by atoms with Crippen molar-refractivity contribution in [3.63, 3.8) is 0 Å². The summed E-state index contributed by atoms with van der Waals surface area (Å²) in [6, 6.07) is 0. The average molecular weight is 131 g/mol. The Kier molecular flexibility index (Phi) is 5.99. The van der Waals surface area contributed by atoms with Crippen LogP contribution in [0.1, 0.15) is 26.7 Å². The van der Waals surface area contributed by atoms with E-state index >= 15 is 0 Å². The van der Waals surface area contributed by atoms with E-state index in [9.17, 15) is 0 Å². The number of rotatable bonds is 5. The predicted octanol–water partition coefficient (Wildman–Crippen LogP) is 1.51. The van der Waals surface area contributed by atoms with Gasteiger partial charge in [0.15, 0.2) is 13.1 Å². The van der Waals surface area contributed by atoms with Crippen LogP contribution in [0.2, 0.25) is 0 Å². The Bertz CT molecular complexity index is 50.9. The maximum atomic E-state index is 5.06. The summed E-state index contributed by atoms with van der Waals surface area (Å²) in [5.41, 5.74) is 0. The summed E-state index contributed by atoms with van der Waals surface area (Å²) in [7, 11) is 1.73. The molecule has 2 heteroatoms. The zero-order valence-electron chi connectivity index (χ0n) is 6.68. The first kappa shape index (κ1) is 8.92. The van der Waals surface area contributed by atoms with E-state index in [1.165, 1.54) is 0 Å². The van der Waals surface area contributed by atoms with E-state index in [1.807, 2.05) is 5.06 Å². The van der Waals surface area contributed by atoms with Crippen molar-refractivity contribution >= 4 is 0 Å². The molecule has 0 amide bonds. The molecular formula is C7H17NO+. The van der Waals surface area contributed by atoms with Crippen LogP contribution >= 0.6 is 0 Å². The Morgan fingerprint density at radius 3 is 1.78 bits per heavy atom. The molecule has 1 radical (unpaired) electrons. The van der Waals surface area contributed by atoms with Gasteiger partial charge in [0.05, 0.1) is 0 Å². The minimum Gasteiger partial charge on any atom is -0.152 e. The molecule has 0 saturated carbocycles. The molecule has 0 atom stereocenters. The number of hydrogen-bond donors (Lipinski definition) is 0. The Morgan fingerprint density at radius 2 is 1.56 bits per heavy atom. The summed E-state index contributed by atoms with van der Waals surface area (Å²) in [4.78, 5) is 5.06. The minimum atomic E-state index is 1.05. The van der Waals surface area contributed by atoms with Crippen molar-refractivity contribution in [2.75, 3.05) is 20.2 Å². The summed E-state index contributed by atoms with van der Waals surface area (Å²) < 4.78 is 0. The average Bonchev–Trinajstić information content (AvgIpc) is 1.88. The topological polar surface area (TPSA) is 15.1 Å². The normalized spacial score (nSPS) is 10.7. The van der Waals surface area contributed by atoms with Gasteiger partial charge in [-0.1, -0.05) is 13.8 Å². The SMILES string of the molecule is CCC[N+](CCC)OC. The highest BCUT2D eigenvalue weighted by molar-refractivity contribution is 4.46. The molecule has 2 nitrogen and oxygen atoms in total. The van der Waals surface area contributed by atoms with Gasteiger partial charge in [-0.15, -0.1) is 0 Å². The summed E-state index contributed by atoms with van der Waals surface area (Å²) in [6.07, 6.45) is 2.32. The summed E-state index contributed by atoms with van der Waals surface area (Å²) in [5.74, 6) is 0. The smallest absolute Gasteiger partial charge is 0.152 e. The van der Waals surface area contributed by atoms with Crippen LogP contribution in [0, 0.1) is 0 Å². The molecule has 0 aliphatic heterocycles. The molecule has 0 rings (SSSR count). The molecule has 0 aromatic carbocycles. The molecule has 0 aromatic rings. The third kappa shape index (κ3) is 4.43.